The van der Waals surface area contributed by atoms with Gasteiger partial charge in [0, 0.05) is 4.88 Å². The molecule has 2 rings (SSSR count). The van der Waals surface area contributed by atoms with Crippen LogP contribution in [-0.4, -0.2) is 16.1 Å². The van der Waals surface area contributed by atoms with Gasteiger partial charge in [0.2, 0.25) is 0 Å². The minimum atomic E-state index is -1.04. The van der Waals surface area contributed by atoms with Crippen molar-refractivity contribution in [2.24, 2.45) is 0 Å². The number of halogens is 2. The third-order valence-corrected chi connectivity index (χ3v) is 3.54. The normalized spacial score (nSPS) is 10.3. The van der Waals surface area contributed by atoms with E-state index in [0.29, 0.717) is 16.7 Å². The average molecular weight is 303 g/mol. The fourth-order valence-electron chi connectivity index (χ4n) is 1.34. The zero-order valence-corrected chi connectivity index (χ0v) is 11.3. The van der Waals surface area contributed by atoms with Crippen LogP contribution in [0.2, 0.25) is 9.49 Å². The SMILES string of the molecule is O=C(O)c1cc(Cl)nc(NCc2ccc(Cl)s2)c1. The van der Waals surface area contributed by atoms with Crippen molar-refractivity contribution in [2.45, 2.75) is 6.54 Å². The molecule has 0 atom stereocenters. The van der Waals surface area contributed by atoms with Crippen molar-refractivity contribution in [3.63, 3.8) is 0 Å². The van der Waals surface area contributed by atoms with Crippen molar-refractivity contribution in [3.05, 3.63) is 44.2 Å². The lowest BCUT2D eigenvalue weighted by molar-refractivity contribution is 0.0697. The van der Waals surface area contributed by atoms with E-state index in [-0.39, 0.29) is 10.7 Å². The van der Waals surface area contributed by atoms with Gasteiger partial charge in [0.05, 0.1) is 16.4 Å². The Balaban J connectivity index is 2.11. The predicted octanol–water partition coefficient (Wildman–Crippen LogP) is 3.76. The number of aromatic nitrogens is 1. The lowest BCUT2D eigenvalue weighted by Crippen LogP contribution is -2.03. The average Bonchev–Trinajstić information content (AvgIpc) is 2.72. The number of anilines is 1. The van der Waals surface area contributed by atoms with Gasteiger partial charge in [-0.2, -0.15) is 0 Å². The van der Waals surface area contributed by atoms with Crippen LogP contribution in [0.4, 0.5) is 5.82 Å². The highest BCUT2D eigenvalue weighted by Gasteiger charge is 2.07. The van der Waals surface area contributed by atoms with Gasteiger partial charge >= 0.3 is 5.97 Å². The Bertz CT molecular complexity index is 586. The molecule has 0 saturated carbocycles. The highest BCUT2D eigenvalue weighted by molar-refractivity contribution is 7.16. The van der Waals surface area contributed by atoms with Crippen LogP contribution in [0.1, 0.15) is 15.2 Å². The molecule has 0 radical (unpaired) electrons. The summed E-state index contributed by atoms with van der Waals surface area (Å²) >= 11 is 13.0. The van der Waals surface area contributed by atoms with Crippen LogP contribution in [0.3, 0.4) is 0 Å². The number of carboxylic acid groups (broad SMARTS) is 1. The van der Waals surface area contributed by atoms with Crippen molar-refractivity contribution < 1.29 is 9.90 Å². The molecule has 7 heteroatoms. The second-order valence-corrected chi connectivity index (χ2v) is 5.62. The fraction of sp³-hybridized carbons (Fsp3) is 0.0909. The Hall–Kier alpha value is -1.30. The zero-order chi connectivity index (χ0) is 13.1. The maximum atomic E-state index is 10.9. The Labute approximate surface area is 117 Å². The van der Waals surface area contributed by atoms with Gasteiger partial charge in [-0.15, -0.1) is 11.3 Å². The molecule has 0 aliphatic rings. The van der Waals surface area contributed by atoms with Gasteiger partial charge in [-0.05, 0) is 24.3 Å². The van der Waals surface area contributed by atoms with Crippen LogP contribution >= 0.6 is 34.5 Å². The van der Waals surface area contributed by atoms with Crippen LogP contribution in [0.5, 0.6) is 0 Å². The van der Waals surface area contributed by atoms with Crippen LogP contribution in [0.25, 0.3) is 0 Å². The summed E-state index contributed by atoms with van der Waals surface area (Å²) in [7, 11) is 0. The number of pyridine rings is 1. The van der Waals surface area contributed by atoms with Crippen LogP contribution in [0, 0.1) is 0 Å². The molecule has 2 heterocycles. The minimum Gasteiger partial charge on any atom is -0.478 e. The third kappa shape index (κ3) is 3.35. The monoisotopic (exact) mass is 302 g/mol. The first-order chi connectivity index (χ1) is 8.54. The van der Waals surface area contributed by atoms with Gasteiger partial charge in [-0.25, -0.2) is 9.78 Å². The molecule has 0 bridgehead atoms. The van der Waals surface area contributed by atoms with Crippen molar-refractivity contribution in [1.82, 2.24) is 4.98 Å². The maximum Gasteiger partial charge on any atom is 0.335 e. The molecule has 2 N–H and O–H groups in total. The summed E-state index contributed by atoms with van der Waals surface area (Å²) in [5.74, 6) is -0.619. The van der Waals surface area contributed by atoms with Crippen LogP contribution < -0.4 is 5.32 Å². The Morgan fingerprint density at radius 2 is 2.17 bits per heavy atom. The van der Waals surface area contributed by atoms with Gasteiger partial charge in [-0.1, -0.05) is 23.2 Å². The topological polar surface area (TPSA) is 62.2 Å². The van der Waals surface area contributed by atoms with E-state index in [2.05, 4.69) is 10.3 Å². The van der Waals surface area contributed by atoms with Gasteiger partial charge in [0.25, 0.3) is 0 Å². The molecular weight excluding hydrogens is 295 g/mol. The second kappa shape index (κ2) is 5.56. The lowest BCUT2D eigenvalue weighted by atomic mass is 10.2. The van der Waals surface area contributed by atoms with E-state index >= 15 is 0 Å². The standard InChI is InChI=1S/C11H8Cl2N2O2S/c12-8-3-6(11(16)17)4-10(15-8)14-5-7-1-2-9(13)18-7/h1-4H,5H2,(H,14,15)(H,16,17). The van der Waals surface area contributed by atoms with Gasteiger partial charge < -0.3 is 10.4 Å². The van der Waals surface area contributed by atoms with E-state index in [0.717, 1.165) is 4.88 Å². The number of nitrogens with one attached hydrogen (secondary N) is 1. The quantitative estimate of drug-likeness (QED) is 0.844. The molecule has 2 aromatic heterocycles. The van der Waals surface area contributed by atoms with Crippen molar-refractivity contribution in [1.29, 1.82) is 0 Å². The van der Waals surface area contributed by atoms with E-state index in [4.69, 9.17) is 28.3 Å². The largest absolute Gasteiger partial charge is 0.478 e. The molecule has 0 unspecified atom stereocenters. The third-order valence-electron chi connectivity index (χ3n) is 2.11. The first kappa shape index (κ1) is 13.1. The minimum absolute atomic E-state index is 0.0988. The molecule has 4 nitrogen and oxygen atoms in total. The highest BCUT2D eigenvalue weighted by atomic mass is 35.5. The van der Waals surface area contributed by atoms with E-state index in [1.807, 2.05) is 6.07 Å². The van der Waals surface area contributed by atoms with Crippen LogP contribution in [-0.2, 0) is 6.54 Å². The number of nitrogens with zero attached hydrogens (tertiary/aromatic N) is 1. The number of thiophene rings is 1. The van der Waals surface area contributed by atoms with Crippen molar-refractivity contribution in [3.8, 4) is 0 Å². The highest BCUT2D eigenvalue weighted by Crippen LogP contribution is 2.22. The van der Waals surface area contributed by atoms with Gasteiger partial charge in [-0.3, -0.25) is 0 Å². The molecule has 2 aromatic rings. The summed E-state index contributed by atoms with van der Waals surface area (Å²) in [6.45, 7) is 0.518. The molecule has 18 heavy (non-hydrogen) atoms. The Morgan fingerprint density at radius 3 is 2.78 bits per heavy atom. The number of aromatic carboxylic acids is 1. The smallest absolute Gasteiger partial charge is 0.335 e. The molecule has 0 fully saturated rings. The number of rotatable bonds is 4. The number of hydrogen-bond donors (Lipinski definition) is 2. The number of carboxylic acids is 1. The molecule has 0 spiro atoms. The molecule has 0 aliphatic carbocycles. The molecule has 0 aliphatic heterocycles. The number of carbonyl (C=O) groups is 1. The van der Waals surface area contributed by atoms with Crippen molar-refractivity contribution in [2.75, 3.05) is 5.32 Å². The zero-order valence-electron chi connectivity index (χ0n) is 8.98. The summed E-state index contributed by atoms with van der Waals surface area (Å²) in [5, 5.41) is 12.0. The van der Waals surface area contributed by atoms with E-state index in [1.54, 1.807) is 6.07 Å². The van der Waals surface area contributed by atoms with Gasteiger partial charge in [0.15, 0.2) is 0 Å². The summed E-state index contributed by atoms with van der Waals surface area (Å²) in [4.78, 5) is 15.9. The number of hydrogen-bond acceptors (Lipinski definition) is 4. The maximum absolute atomic E-state index is 10.9. The molecule has 94 valence electrons. The van der Waals surface area contributed by atoms with E-state index in [9.17, 15) is 4.79 Å². The molecule has 0 aromatic carbocycles. The molecule has 0 amide bonds. The summed E-state index contributed by atoms with van der Waals surface area (Å²) in [6.07, 6.45) is 0. The Kier molecular flexibility index (Phi) is 4.06. The van der Waals surface area contributed by atoms with Gasteiger partial charge in [0.1, 0.15) is 11.0 Å². The molecular formula is C11H8Cl2N2O2S. The summed E-state index contributed by atoms with van der Waals surface area (Å²) in [5.41, 5.74) is 0.0988. The summed E-state index contributed by atoms with van der Waals surface area (Å²) in [6, 6.07) is 6.43. The lowest BCUT2D eigenvalue weighted by Gasteiger charge is -2.05. The molecule has 0 saturated heterocycles. The first-order valence-electron chi connectivity index (χ1n) is 4.93. The fourth-order valence-corrected chi connectivity index (χ4v) is 2.57. The van der Waals surface area contributed by atoms with Crippen LogP contribution in [0.15, 0.2) is 24.3 Å². The Morgan fingerprint density at radius 1 is 1.39 bits per heavy atom. The first-order valence-corrected chi connectivity index (χ1v) is 6.51. The van der Waals surface area contributed by atoms with Crippen molar-refractivity contribution >= 4 is 46.3 Å². The van der Waals surface area contributed by atoms with E-state index < -0.39 is 5.97 Å². The second-order valence-electron chi connectivity index (χ2n) is 3.43. The van der Waals surface area contributed by atoms with E-state index in [1.165, 1.54) is 23.5 Å². The summed E-state index contributed by atoms with van der Waals surface area (Å²) < 4.78 is 0.706. The predicted molar refractivity (Wildman–Crippen MR) is 72.9 cm³/mol.